The summed E-state index contributed by atoms with van der Waals surface area (Å²) in [5, 5.41) is 2.74. The Morgan fingerprint density at radius 2 is 1.96 bits per heavy atom. The minimum atomic E-state index is -0.363. The van der Waals surface area contributed by atoms with Gasteiger partial charge in [-0.1, -0.05) is 12.1 Å². The van der Waals surface area contributed by atoms with E-state index in [-0.39, 0.29) is 23.8 Å². The number of nitrogens with one attached hydrogen (secondary N) is 1. The van der Waals surface area contributed by atoms with Gasteiger partial charge in [0, 0.05) is 36.1 Å². The normalized spacial score (nSPS) is 14.1. The molecule has 3 rings (SSSR count). The molecule has 8 nitrogen and oxygen atoms in total. The molecule has 0 atom stereocenters. The highest BCUT2D eigenvalue weighted by Crippen LogP contribution is 2.14. The summed E-state index contributed by atoms with van der Waals surface area (Å²) in [6.07, 6.45) is 0. The quantitative estimate of drug-likeness (QED) is 0.796. The fourth-order valence-electron chi connectivity index (χ4n) is 2.92. The standard InChI is InChI=1S/C19H22N4O4/c1-13-10-18(26)23(19(20-13)22-6-8-27-9-7-22)12-17(25)21-16-5-3-4-15(11-16)14(2)24/h3-5,10-11H,6-9,12H2,1-2H3,(H,21,25). The second-order valence-electron chi connectivity index (χ2n) is 6.41. The molecule has 2 heterocycles. The molecule has 1 aromatic heterocycles. The Labute approximate surface area is 156 Å². The molecule has 142 valence electrons. The van der Waals surface area contributed by atoms with Gasteiger partial charge >= 0.3 is 0 Å². The molecular weight excluding hydrogens is 348 g/mol. The lowest BCUT2D eigenvalue weighted by atomic mass is 10.1. The van der Waals surface area contributed by atoms with Crippen LogP contribution < -0.4 is 15.8 Å². The molecule has 0 bridgehead atoms. The minimum absolute atomic E-state index is 0.0837. The van der Waals surface area contributed by atoms with E-state index >= 15 is 0 Å². The van der Waals surface area contributed by atoms with Crippen LogP contribution in [0.4, 0.5) is 11.6 Å². The van der Waals surface area contributed by atoms with Crippen molar-refractivity contribution in [2.75, 3.05) is 36.5 Å². The lowest BCUT2D eigenvalue weighted by Crippen LogP contribution is -2.41. The van der Waals surface area contributed by atoms with Gasteiger partial charge in [0.1, 0.15) is 6.54 Å². The number of ether oxygens (including phenoxy) is 1. The molecule has 0 spiro atoms. The third-order valence-electron chi connectivity index (χ3n) is 4.26. The van der Waals surface area contributed by atoms with Crippen LogP contribution in [-0.4, -0.2) is 47.5 Å². The summed E-state index contributed by atoms with van der Waals surface area (Å²) in [5.41, 5.74) is 1.34. The van der Waals surface area contributed by atoms with E-state index in [2.05, 4.69) is 10.3 Å². The summed E-state index contributed by atoms with van der Waals surface area (Å²) in [6, 6.07) is 8.10. The summed E-state index contributed by atoms with van der Waals surface area (Å²) < 4.78 is 6.71. The van der Waals surface area contributed by atoms with Gasteiger partial charge in [-0.2, -0.15) is 0 Å². The number of carbonyl (C=O) groups is 2. The highest BCUT2D eigenvalue weighted by molar-refractivity contribution is 5.97. The predicted octanol–water partition coefficient (Wildman–Crippen LogP) is 1.23. The smallest absolute Gasteiger partial charge is 0.255 e. The molecule has 8 heteroatoms. The van der Waals surface area contributed by atoms with Crippen molar-refractivity contribution in [3.8, 4) is 0 Å². The summed E-state index contributed by atoms with van der Waals surface area (Å²) in [7, 11) is 0. The van der Waals surface area contributed by atoms with Crippen LogP contribution in [0.5, 0.6) is 0 Å². The number of hydrogen-bond acceptors (Lipinski definition) is 6. The minimum Gasteiger partial charge on any atom is -0.378 e. The zero-order chi connectivity index (χ0) is 19.4. The van der Waals surface area contributed by atoms with Crippen LogP contribution in [0.3, 0.4) is 0 Å². The summed E-state index contributed by atoms with van der Waals surface area (Å²) in [6.45, 7) is 5.37. The SMILES string of the molecule is CC(=O)c1cccc(NC(=O)Cn2c(N3CCOCC3)nc(C)cc2=O)c1. The molecule has 0 aliphatic carbocycles. The third kappa shape index (κ3) is 4.59. The lowest BCUT2D eigenvalue weighted by Gasteiger charge is -2.29. The van der Waals surface area contributed by atoms with E-state index in [1.807, 2.05) is 4.90 Å². The summed E-state index contributed by atoms with van der Waals surface area (Å²) >= 11 is 0. The van der Waals surface area contributed by atoms with E-state index in [1.54, 1.807) is 31.2 Å². The third-order valence-corrected chi connectivity index (χ3v) is 4.26. The number of hydrogen-bond donors (Lipinski definition) is 1. The maximum Gasteiger partial charge on any atom is 0.255 e. The van der Waals surface area contributed by atoms with E-state index in [0.29, 0.717) is 49.2 Å². The first-order valence-electron chi connectivity index (χ1n) is 8.76. The molecule has 1 N–H and O–H groups in total. The van der Waals surface area contributed by atoms with Crippen molar-refractivity contribution in [1.29, 1.82) is 0 Å². The van der Waals surface area contributed by atoms with Crippen LogP contribution in [0.15, 0.2) is 35.1 Å². The van der Waals surface area contributed by atoms with Crippen LogP contribution in [0, 0.1) is 6.92 Å². The number of amides is 1. The molecule has 1 amide bonds. The number of Topliss-reactive ketones (excluding diaryl/α,β-unsaturated/α-hetero) is 1. The van der Waals surface area contributed by atoms with E-state index in [4.69, 9.17) is 4.74 Å². The summed E-state index contributed by atoms with van der Waals surface area (Å²) in [4.78, 5) is 42.9. The zero-order valence-corrected chi connectivity index (χ0v) is 15.4. The average molecular weight is 370 g/mol. The molecule has 1 aliphatic heterocycles. The Hall–Kier alpha value is -3.00. The molecule has 1 aliphatic rings. The van der Waals surface area contributed by atoms with E-state index < -0.39 is 0 Å². The van der Waals surface area contributed by atoms with Gasteiger partial charge in [-0.05, 0) is 26.0 Å². The molecule has 2 aromatic rings. The van der Waals surface area contributed by atoms with Gasteiger partial charge in [-0.15, -0.1) is 0 Å². The van der Waals surface area contributed by atoms with Gasteiger partial charge in [-0.25, -0.2) is 4.98 Å². The number of aromatic nitrogens is 2. The number of nitrogens with zero attached hydrogens (tertiary/aromatic N) is 3. The maximum absolute atomic E-state index is 12.5. The average Bonchev–Trinajstić information content (AvgIpc) is 2.64. The van der Waals surface area contributed by atoms with E-state index in [9.17, 15) is 14.4 Å². The number of aryl methyl sites for hydroxylation is 1. The number of anilines is 2. The Balaban J connectivity index is 1.82. The summed E-state index contributed by atoms with van der Waals surface area (Å²) in [5.74, 6) is 0.0218. The molecule has 1 fully saturated rings. The second kappa shape index (κ2) is 8.13. The fourth-order valence-corrected chi connectivity index (χ4v) is 2.92. The predicted molar refractivity (Wildman–Crippen MR) is 101 cm³/mol. The van der Waals surface area contributed by atoms with E-state index in [1.165, 1.54) is 17.6 Å². The van der Waals surface area contributed by atoms with Crippen molar-refractivity contribution < 1.29 is 14.3 Å². The Morgan fingerprint density at radius 3 is 2.67 bits per heavy atom. The highest BCUT2D eigenvalue weighted by atomic mass is 16.5. The Kier molecular flexibility index (Phi) is 5.66. The fraction of sp³-hybridized carbons (Fsp3) is 0.368. The number of benzene rings is 1. The van der Waals surface area contributed by atoms with Crippen molar-refractivity contribution in [2.45, 2.75) is 20.4 Å². The highest BCUT2D eigenvalue weighted by Gasteiger charge is 2.19. The van der Waals surface area contributed by atoms with Gasteiger partial charge in [-0.3, -0.25) is 19.0 Å². The van der Waals surface area contributed by atoms with Crippen LogP contribution in [0.25, 0.3) is 0 Å². The van der Waals surface area contributed by atoms with Gasteiger partial charge in [0.15, 0.2) is 5.78 Å². The van der Waals surface area contributed by atoms with Gasteiger partial charge in [0.25, 0.3) is 5.56 Å². The molecule has 0 radical (unpaired) electrons. The van der Waals surface area contributed by atoms with Crippen LogP contribution in [0.2, 0.25) is 0 Å². The van der Waals surface area contributed by atoms with Crippen molar-refractivity contribution in [3.05, 3.63) is 51.9 Å². The van der Waals surface area contributed by atoms with Crippen LogP contribution in [-0.2, 0) is 16.1 Å². The largest absolute Gasteiger partial charge is 0.378 e. The van der Waals surface area contributed by atoms with E-state index in [0.717, 1.165) is 0 Å². The number of ketones is 1. The number of morpholine rings is 1. The lowest BCUT2D eigenvalue weighted by molar-refractivity contribution is -0.116. The second-order valence-corrected chi connectivity index (χ2v) is 6.41. The van der Waals surface area contributed by atoms with Crippen molar-refractivity contribution in [1.82, 2.24) is 9.55 Å². The first-order valence-corrected chi connectivity index (χ1v) is 8.76. The van der Waals surface area contributed by atoms with Gasteiger partial charge < -0.3 is 15.0 Å². The number of carbonyl (C=O) groups excluding carboxylic acids is 2. The first-order chi connectivity index (χ1) is 12.9. The molecular formula is C19H22N4O4. The number of rotatable bonds is 5. The Morgan fingerprint density at radius 1 is 1.22 bits per heavy atom. The van der Waals surface area contributed by atoms with Crippen LogP contribution in [0.1, 0.15) is 23.0 Å². The van der Waals surface area contributed by atoms with Crippen molar-refractivity contribution in [3.63, 3.8) is 0 Å². The van der Waals surface area contributed by atoms with Crippen LogP contribution >= 0.6 is 0 Å². The molecule has 1 saturated heterocycles. The monoisotopic (exact) mass is 370 g/mol. The first kappa shape index (κ1) is 18.8. The van der Waals surface area contributed by atoms with Gasteiger partial charge in [0.2, 0.25) is 11.9 Å². The maximum atomic E-state index is 12.5. The molecule has 0 saturated carbocycles. The van der Waals surface area contributed by atoms with Crippen molar-refractivity contribution >= 4 is 23.3 Å². The Bertz CT molecular complexity index is 916. The topological polar surface area (TPSA) is 93.5 Å². The zero-order valence-electron chi connectivity index (χ0n) is 15.4. The van der Waals surface area contributed by atoms with Crippen molar-refractivity contribution in [2.24, 2.45) is 0 Å². The molecule has 0 unspecified atom stereocenters. The van der Waals surface area contributed by atoms with Gasteiger partial charge in [0.05, 0.1) is 13.2 Å². The molecule has 1 aromatic carbocycles. The molecule has 27 heavy (non-hydrogen) atoms.